The van der Waals surface area contributed by atoms with Gasteiger partial charge in [-0.3, -0.25) is 9.59 Å². The molecule has 1 aromatic carbocycles. The van der Waals surface area contributed by atoms with Crippen molar-refractivity contribution in [2.24, 2.45) is 7.05 Å². The first-order valence-corrected chi connectivity index (χ1v) is 14.7. The molecule has 0 unspecified atom stereocenters. The van der Waals surface area contributed by atoms with Crippen molar-refractivity contribution >= 4 is 33.9 Å². The molecule has 4 aromatic rings. The summed E-state index contributed by atoms with van der Waals surface area (Å²) >= 11 is 0. The highest BCUT2D eigenvalue weighted by atomic mass is 19.1. The van der Waals surface area contributed by atoms with Gasteiger partial charge in [-0.15, -0.1) is 0 Å². The number of amides is 2. The summed E-state index contributed by atoms with van der Waals surface area (Å²) in [4.78, 5) is 35.3. The van der Waals surface area contributed by atoms with Crippen LogP contribution in [-0.2, 0) is 23.1 Å². The Labute approximate surface area is 252 Å². The Morgan fingerprint density at radius 2 is 2.07 bits per heavy atom. The molecule has 2 bridgehead atoms. The van der Waals surface area contributed by atoms with Crippen LogP contribution in [-0.4, -0.2) is 76.5 Å². The number of aromatic nitrogens is 4. The van der Waals surface area contributed by atoms with E-state index in [2.05, 4.69) is 16.0 Å². The number of fused-ring (bicyclic) bond motifs is 2. The van der Waals surface area contributed by atoms with Gasteiger partial charge in [0.2, 0.25) is 5.91 Å². The van der Waals surface area contributed by atoms with E-state index >= 15 is 0 Å². The van der Waals surface area contributed by atoms with E-state index in [-0.39, 0.29) is 38.1 Å². The highest BCUT2D eigenvalue weighted by molar-refractivity contribution is 6.00. The Balaban J connectivity index is 1.44. The monoisotopic (exact) mass is 607 g/mol. The van der Waals surface area contributed by atoms with Crippen LogP contribution in [0.2, 0.25) is 0 Å². The number of rotatable bonds is 4. The van der Waals surface area contributed by atoms with Crippen LogP contribution in [0.25, 0.3) is 33.6 Å². The Hall–Kier alpha value is -4.36. The first-order valence-electron chi connectivity index (χ1n) is 14.7. The molecule has 2 aliphatic rings. The number of carbonyl (C=O) groups excluding carboxylic acids is 2. The van der Waals surface area contributed by atoms with Crippen LogP contribution in [0, 0.1) is 0 Å². The van der Waals surface area contributed by atoms with E-state index in [9.17, 15) is 18.4 Å². The molecule has 232 valence electrons. The van der Waals surface area contributed by atoms with Crippen LogP contribution in [0.4, 0.5) is 8.78 Å². The first-order chi connectivity index (χ1) is 21.2. The molecular formula is C31H35F2N7O4. The molecule has 11 nitrogen and oxygen atoms in total. The lowest BCUT2D eigenvalue weighted by Crippen LogP contribution is -2.52. The Kier molecular flexibility index (Phi) is 8.32. The maximum atomic E-state index is 14.8. The smallest absolute Gasteiger partial charge is 0.251 e. The van der Waals surface area contributed by atoms with E-state index < -0.39 is 23.9 Å². The van der Waals surface area contributed by atoms with Gasteiger partial charge < -0.3 is 34.6 Å². The van der Waals surface area contributed by atoms with Crippen LogP contribution in [0.15, 0.2) is 42.2 Å². The average molecular weight is 608 g/mol. The van der Waals surface area contributed by atoms with Crippen molar-refractivity contribution in [2.45, 2.75) is 44.6 Å². The predicted octanol–water partition coefficient (Wildman–Crippen LogP) is 3.48. The quantitative estimate of drug-likeness (QED) is 0.325. The van der Waals surface area contributed by atoms with Gasteiger partial charge in [0.05, 0.1) is 49.3 Å². The fourth-order valence-corrected chi connectivity index (χ4v) is 5.77. The Morgan fingerprint density at radius 3 is 2.86 bits per heavy atom. The molecular weight excluding hydrogens is 572 g/mol. The Morgan fingerprint density at radius 1 is 1.23 bits per heavy atom. The van der Waals surface area contributed by atoms with Gasteiger partial charge in [-0.25, -0.2) is 18.7 Å². The number of ether oxygens (including phenoxy) is 2. The van der Waals surface area contributed by atoms with Crippen LogP contribution in [0.5, 0.6) is 5.75 Å². The molecule has 5 heterocycles. The number of imidazole rings is 1. The molecule has 2 amide bonds. The van der Waals surface area contributed by atoms with Gasteiger partial charge in [-0.05, 0) is 56.3 Å². The van der Waals surface area contributed by atoms with Gasteiger partial charge >= 0.3 is 0 Å². The standard InChI is InChI=1S/C31H35F2N7O4/c1-17-22-5-4-18-13-25(40(29(18)36-22)10-7-20(32)16-44-11-8-27(41)35-17)30-37-23-12-19(14-26(43-3)28(23)39(30)2)31(42)38-24-15-34-9-6-21(24)33/h4-5,7,12-14,17,21,24,34H,6,8-11,15-16H2,1-3H3,(H,35,41)(H,38,42)/b20-7+/t17-,21+,24+/m1/s1. The van der Waals surface area contributed by atoms with Crippen LogP contribution >= 0.6 is 0 Å². The lowest BCUT2D eigenvalue weighted by Gasteiger charge is -2.27. The molecule has 3 aromatic heterocycles. The number of aryl methyl sites for hydroxylation is 1. The number of allylic oxidation sites excluding steroid dienone is 1. The number of hydrogen-bond acceptors (Lipinski definition) is 7. The molecule has 1 fully saturated rings. The van der Waals surface area contributed by atoms with Crippen molar-refractivity contribution < 1.29 is 27.8 Å². The molecule has 3 atom stereocenters. The zero-order chi connectivity index (χ0) is 31.0. The fourth-order valence-electron chi connectivity index (χ4n) is 5.77. The van der Waals surface area contributed by atoms with Crippen LogP contribution < -0.4 is 20.7 Å². The number of halogens is 2. The number of benzene rings is 1. The molecule has 0 radical (unpaired) electrons. The molecule has 44 heavy (non-hydrogen) atoms. The van der Waals surface area contributed by atoms with Crippen LogP contribution in [0.3, 0.4) is 0 Å². The SMILES string of the molecule is COc1cc(C(=O)N[C@H]2CNCC[C@@H]2F)cc2nc(-c3cc4ccc5nc4n3C/C=C(/F)COCCC(=O)N[C@@H]5C)n(C)c12. The summed E-state index contributed by atoms with van der Waals surface area (Å²) in [6.07, 6.45) is 0.752. The van der Waals surface area contributed by atoms with Crippen molar-refractivity contribution in [3.63, 3.8) is 0 Å². The number of alkyl halides is 1. The van der Waals surface area contributed by atoms with E-state index in [1.54, 1.807) is 12.1 Å². The van der Waals surface area contributed by atoms with Gasteiger partial charge in [-0.1, -0.05) is 0 Å². The van der Waals surface area contributed by atoms with Crippen molar-refractivity contribution in [3.8, 4) is 17.3 Å². The molecule has 0 aliphatic carbocycles. The summed E-state index contributed by atoms with van der Waals surface area (Å²) in [5.41, 5.74) is 3.38. The molecule has 2 aliphatic heterocycles. The largest absolute Gasteiger partial charge is 0.494 e. The summed E-state index contributed by atoms with van der Waals surface area (Å²) in [6.45, 7) is 2.79. The van der Waals surface area contributed by atoms with E-state index in [1.165, 1.54) is 13.2 Å². The third kappa shape index (κ3) is 5.76. The molecule has 0 spiro atoms. The third-order valence-corrected chi connectivity index (χ3v) is 8.16. The highest BCUT2D eigenvalue weighted by Crippen LogP contribution is 2.34. The number of methoxy groups -OCH3 is 1. The average Bonchev–Trinajstić information content (AvgIpc) is 3.54. The van der Waals surface area contributed by atoms with Gasteiger partial charge in [0.1, 0.15) is 28.9 Å². The zero-order valence-electron chi connectivity index (χ0n) is 24.8. The van der Waals surface area contributed by atoms with Crippen molar-refractivity contribution in [1.82, 2.24) is 35.1 Å². The molecule has 13 heteroatoms. The van der Waals surface area contributed by atoms with E-state index in [0.717, 1.165) is 5.39 Å². The summed E-state index contributed by atoms with van der Waals surface area (Å²) in [7, 11) is 3.35. The van der Waals surface area contributed by atoms with Gasteiger partial charge in [0, 0.05) is 37.5 Å². The van der Waals surface area contributed by atoms with Crippen molar-refractivity contribution in [2.75, 3.05) is 33.4 Å². The molecule has 6 rings (SSSR count). The second-order valence-corrected chi connectivity index (χ2v) is 11.2. The topological polar surface area (TPSA) is 124 Å². The predicted molar refractivity (Wildman–Crippen MR) is 161 cm³/mol. The molecule has 3 N–H and O–H groups in total. The number of nitrogens with zero attached hydrogens (tertiary/aromatic N) is 4. The second kappa shape index (κ2) is 12.3. The van der Waals surface area contributed by atoms with E-state index in [1.807, 2.05) is 41.3 Å². The number of nitrogens with one attached hydrogen (secondary N) is 3. The minimum absolute atomic E-state index is 0.0971. The number of piperidine rings is 1. The Bertz CT molecular complexity index is 1760. The van der Waals surface area contributed by atoms with Crippen molar-refractivity contribution in [1.29, 1.82) is 0 Å². The maximum absolute atomic E-state index is 14.8. The normalized spacial score (nSPS) is 22.8. The minimum Gasteiger partial charge on any atom is -0.494 e. The first kappa shape index (κ1) is 29.7. The van der Waals surface area contributed by atoms with Crippen LogP contribution in [0.1, 0.15) is 41.9 Å². The molecule has 1 saturated heterocycles. The van der Waals surface area contributed by atoms with E-state index in [0.29, 0.717) is 64.7 Å². The minimum atomic E-state index is -1.13. The fraction of sp³-hybridized carbons (Fsp3) is 0.419. The van der Waals surface area contributed by atoms with Crippen molar-refractivity contribution in [3.05, 3.63) is 53.5 Å². The lowest BCUT2D eigenvalue weighted by atomic mass is 10.0. The zero-order valence-corrected chi connectivity index (χ0v) is 24.8. The van der Waals surface area contributed by atoms with Gasteiger partial charge in [0.25, 0.3) is 5.91 Å². The maximum Gasteiger partial charge on any atom is 0.251 e. The summed E-state index contributed by atoms with van der Waals surface area (Å²) < 4.78 is 43.9. The number of pyridine rings is 1. The summed E-state index contributed by atoms with van der Waals surface area (Å²) in [5.74, 6) is -0.123. The third-order valence-electron chi connectivity index (χ3n) is 8.16. The summed E-state index contributed by atoms with van der Waals surface area (Å²) in [5, 5.41) is 9.63. The van der Waals surface area contributed by atoms with E-state index in [4.69, 9.17) is 19.4 Å². The highest BCUT2D eigenvalue weighted by Gasteiger charge is 2.28. The van der Waals surface area contributed by atoms with Gasteiger partial charge in [0.15, 0.2) is 5.82 Å². The molecule has 0 saturated carbocycles. The number of carbonyl (C=O) groups is 2. The number of hydrogen-bond donors (Lipinski definition) is 3. The van der Waals surface area contributed by atoms with Gasteiger partial charge in [-0.2, -0.15) is 0 Å². The lowest BCUT2D eigenvalue weighted by molar-refractivity contribution is -0.122. The second-order valence-electron chi connectivity index (χ2n) is 11.2. The summed E-state index contributed by atoms with van der Waals surface area (Å²) in [6, 6.07) is 7.99.